The minimum Gasteiger partial charge on any atom is -0.497 e. The number of fused-ring (bicyclic) bond motifs is 1. The third-order valence-corrected chi connectivity index (χ3v) is 6.58. The molecule has 186 valence electrons. The Morgan fingerprint density at radius 2 is 1.94 bits per heavy atom. The highest BCUT2D eigenvalue weighted by molar-refractivity contribution is 5.97. The summed E-state index contributed by atoms with van der Waals surface area (Å²) in [5.41, 5.74) is 3.00. The predicted octanol–water partition coefficient (Wildman–Crippen LogP) is 2.91. The summed E-state index contributed by atoms with van der Waals surface area (Å²) in [6.45, 7) is 3.54. The number of ether oxygens (including phenoxy) is 2. The van der Waals surface area contributed by atoms with Gasteiger partial charge in [0.1, 0.15) is 17.3 Å². The van der Waals surface area contributed by atoms with E-state index in [4.69, 9.17) is 14.5 Å². The number of nitrogens with one attached hydrogen (secondary N) is 1. The van der Waals surface area contributed by atoms with Gasteiger partial charge in [0.15, 0.2) is 11.2 Å². The van der Waals surface area contributed by atoms with E-state index < -0.39 is 0 Å². The van der Waals surface area contributed by atoms with Crippen molar-refractivity contribution in [2.24, 2.45) is 0 Å². The number of carbonyl (C=O) groups excluding carboxylic acids is 1. The fraction of sp³-hybridized carbons (Fsp3) is 0.346. The fourth-order valence-electron chi connectivity index (χ4n) is 4.58. The Balaban J connectivity index is 1.41. The van der Waals surface area contributed by atoms with Gasteiger partial charge in [0.2, 0.25) is 0 Å². The van der Waals surface area contributed by atoms with Crippen molar-refractivity contribution < 1.29 is 14.3 Å². The minimum atomic E-state index is -0.328. The number of hydrogen-bond donors (Lipinski definition) is 1. The van der Waals surface area contributed by atoms with Gasteiger partial charge in [-0.05, 0) is 37.5 Å². The molecular formula is C26H28N6O4. The van der Waals surface area contributed by atoms with Crippen molar-refractivity contribution in [3.05, 3.63) is 75.3 Å². The summed E-state index contributed by atoms with van der Waals surface area (Å²) in [5, 5.41) is 8.22. The molecule has 0 radical (unpaired) electrons. The van der Waals surface area contributed by atoms with E-state index in [-0.39, 0.29) is 22.9 Å². The first-order chi connectivity index (χ1) is 17.5. The van der Waals surface area contributed by atoms with Crippen LogP contribution in [0.2, 0.25) is 0 Å². The topological polar surface area (TPSA) is 115 Å². The maximum absolute atomic E-state index is 13.4. The monoisotopic (exact) mass is 488 g/mol. The van der Waals surface area contributed by atoms with E-state index in [9.17, 15) is 9.59 Å². The molecule has 2 aromatic heterocycles. The lowest BCUT2D eigenvalue weighted by atomic mass is 9.96. The van der Waals surface area contributed by atoms with Crippen LogP contribution in [0.25, 0.3) is 11.2 Å². The van der Waals surface area contributed by atoms with Gasteiger partial charge in [0.25, 0.3) is 11.5 Å². The van der Waals surface area contributed by atoms with E-state index in [0.29, 0.717) is 48.2 Å². The van der Waals surface area contributed by atoms with Crippen LogP contribution in [0.3, 0.4) is 0 Å². The summed E-state index contributed by atoms with van der Waals surface area (Å²) in [4.78, 5) is 35.6. The van der Waals surface area contributed by atoms with Crippen molar-refractivity contribution in [1.82, 2.24) is 29.9 Å². The number of aromatic nitrogens is 5. The molecule has 0 aliphatic carbocycles. The van der Waals surface area contributed by atoms with Crippen molar-refractivity contribution in [3.8, 4) is 11.5 Å². The first kappa shape index (κ1) is 23.5. The summed E-state index contributed by atoms with van der Waals surface area (Å²) in [5.74, 6) is 1.37. The van der Waals surface area contributed by atoms with Crippen LogP contribution >= 0.6 is 0 Å². The second kappa shape index (κ2) is 9.80. The molecule has 1 N–H and O–H groups in total. The van der Waals surface area contributed by atoms with E-state index in [0.717, 1.165) is 18.4 Å². The number of aromatic amines is 1. The number of carbonyl (C=O) groups is 1. The van der Waals surface area contributed by atoms with Crippen LogP contribution in [-0.2, 0) is 6.54 Å². The lowest BCUT2D eigenvalue weighted by Crippen LogP contribution is -2.40. The number of likely N-dealkylation sites (tertiary alicyclic amines) is 1. The van der Waals surface area contributed by atoms with Crippen LogP contribution < -0.4 is 15.0 Å². The highest BCUT2D eigenvalue weighted by Crippen LogP contribution is 2.30. The van der Waals surface area contributed by atoms with Gasteiger partial charge in [-0.1, -0.05) is 35.0 Å². The summed E-state index contributed by atoms with van der Waals surface area (Å²) in [7, 11) is 3.10. The average Bonchev–Trinajstić information content (AvgIpc) is 3.32. The van der Waals surface area contributed by atoms with Crippen LogP contribution in [0.1, 0.15) is 46.1 Å². The Bertz CT molecular complexity index is 1460. The maximum atomic E-state index is 13.4. The van der Waals surface area contributed by atoms with Crippen molar-refractivity contribution in [2.45, 2.75) is 32.2 Å². The van der Waals surface area contributed by atoms with E-state index in [1.165, 1.54) is 12.7 Å². The standard InChI is InChI=1S/C26H28N6O4/c1-16-6-8-17(9-7-16)14-32-24-22(29-30-32)25(33)28-23(27-24)18-5-4-12-31(15-18)26(34)20-11-10-19(35-2)13-21(20)36-3/h6-11,13,18H,4-5,12,14-15H2,1-3H3,(H,27,28,33)/t18-/m1/s1. The average molecular weight is 489 g/mol. The Morgan fingerprint density at radius 1 is 1.14 bits per heavy atom. The number of aryl methyl sites for hydroxylation is 1. The molecule has 5 rings (SSSR count). The minimum absolute atomic E-state index is 0.119. The molecule has 0 saturated carbocycles. The number of piperidine rings is 1. The number of benzene rings is 2. The zero-order chi connectivity index (χ0) is 25.2. The number of methoxy groups -OCH3 is 2. The highest BCUT2D eigenvalue weighted by atomic mass is 16.5. The maximum Gasteiger partial charge on any atom is 0.281 e. The van der Waals surface area contributed by atoms with Gasteiger partial charge in [0, 0.05) is 25.1 Å². The number of hydrogen-bond acceptors (Lipinski definition) is 7. The van der Waals surface area contributed by atoms with Gasteiger partial charge in [-0.15, -0.1) is 5.10 Å². The van der Waals surface area contributed by atoms with Crippen molar-refractivity contribution in [3.63, 3.8) is 0 Å². The van der Waals surface area contributed by atoms with E-state index in [1.54, 1.807) is 34.9 Å². The molecule has 1 saturated heterocycles. The second-order valence-corrected chi connectivity index (χ2v) is 9.01. The first-order valence-electron chi connectivity index (χ1n) is 11.9. The SMILES string of the molecule is COc1ccc(C(=O)N2CCC[C@@H](c3nc4c(nnn4Cc4ccc(C)cc4)c(=O)[nH]3)C2)c(OC)c1. The number of H-pyrrole nitrogens is 1. The largest absolute Gasteiger partial charge is 0.497 e. The smallest absolute Gasteiger partial charge is 0.281 e. The molecule has 1 aliphatic rings. The molecule has 1 amide bonds. The van der Waals surface area contributed by atoms with Gasteiger partial charge >= 0.3 is 0 Å². The highest BCUT2D eigenvalue weighted by Gasteiger charge is 2.29. The lowest BCUT2D eigenvalue weighted by molar-refractivity contribution is 0.0701. The van der Waals surface area contributed by atoms with Gasteiger partial charge in [0.05, 0.1) is 26.3 Å². The van der Waals surface area contributed by atoms with Crippen LogP contribution in [0.15, 0.2) is 47.3 Å². The third kappa shape index (κ3) is 4.53. The zero-order valence-electron chi connectivity index (χ0n) is 20.5. The Hall–Kier alpha value is -4.21. The van der Waals surface area contributed by atoms with E-state index in [1.807, 2.05) is 31.2 Å². The molecule has 3 heterocycles. The Morgan fingerprint density at radius 3 is 2.69 bits per heavy atom. The van der Waals surface area contributed by atoms with E-state index >= 15 is 0 Å². The first-order valence-corrected chi connectivity index (χ1v) is 11.9. The summed E-state index contributed by atoms with van der Waals surface area (Å²) < 4.78 is 12.3. The molecular weight excluding hydrogens is 460 g/mol. The Kier molecular flexibility index (Phi) is 6.41. The quantitative estimate of drug-likeness (QED) is 0.444. The molecule has 4 aromatic rings. The molecule has 10 heteroatoms. The summed E-state index contributed by atoms with van der Waals surface area (Å²) >= 11 is 0. The van der Waals surface area contributed by atoms with Crippen LogP contribution in [0.5, 0.6) is 11.5 Å². The van der Waals surface area contributed by atoms with E-state index in [2.05, 4.69) is 15.3 Å². The summed E-state index contributed by atoms with van der Waals surface area (Å²) in [6.07, 6.45) is 1.59. The zero-order valence-corrected chi connectivity index (χ0v) is 20.5. The summed E-state index contributed by atoms with van der Waals surface area (Å²) in [6, 6.07) is 13.3. The molecule has 1 fully saturated rings. The predicted molar refractivity (Wildman–Crippen MR) is 134 cm³/mol. The van der Waals surface area contributed by atoms with Crippen LogP contribution in [-0.4, -0.2) is 63.1 Å². The van der Waals surface area contributed by atoms with Crippen LogP contribution in [0, 0.1) is 6.92 Å². The van der Waals surface area contributed by atoms with Crippen LogP contribution in [0.4, 0.5) is 0 Å². The molecule has 10 nitrogen and oxygen atoms in total. The number of nitrogens with zero attached hydrogens (tertiary/aromatic N) is 5. The van der Waals surface area contributed by atoms with Gasteiger partial charge in [-0.3, -0.25) is 9.59 Å². The molecule has 0 bridgehead atoms. The van der Waals surface area contributed by atoms with Crippen molar-refractivity contribution in [1.29, 1.82) is 0 Å². The van der Waals surface area contributed by atoms with Gasteiger partial charge in [-0.25, -0.2) is 9.67 Å². The molecule has 0 spiro atoms. The Labute approximate surface area is 207 Å². The molecule has 1 aliphatic heterocycles. The van der Waals surface area contributed by atoms with Gasteiger partial charge in [-0.2, -0.15) is 0 Å². The lowest BCUT2D eigenvalue weighted by Gasteiger charge is -2.32. The third-order valence-electron chi connectivity index (χ3n) is 6.58. The van der Waals surface area contributed by atoms with Crippen molar-refractivity contribution in [2.75, 3.05) is 27.3 Å². The normalized spacial score (nSPS) is 15.8. The van der Waals surface area contributed by atoms with Crippen molar-refractivity contribution >= 4 is 17.1 Å². The molecule has 36 heavy (non-hydrogen) atoms. The number of rotatable bonds is 6. The number of amides is 1. The van der Waals surface area contributed by atoms with Gasteiger partial charge < -0.3 is 19.4 Å². The fourth-order valence-corrected chi connectivity index (χ4v) is 4.58. The molecule has 1 atom stereocenters. The molecule has 0 unspecified atom stereocenters. The second-order valence-electron chi connectivity index (χ2n) is 9.01. The molecule has 2 aromatic carbocycles.